The maximum atomic E-state index is 12.8. The van der Waals surface area contributed by atoms with E-state index >= 15 is 0 Å². The van der Waals surface area contributed by atoms with Crippen LogP contribution in [-0.2, 0) is 11.3 Å². The van der Waals surface area contributed by atoms with Crippen LogP contribution in [-0.4, -0.2) is 39.2 Å². The summed E-state index contributed by atoms with van der Waals surface area (Å²) in [6.07, 6.45) is 1.07. The van der Waals surface area contributed by atoms with Gasteiger partial charge in [-0.2, -0.15) is 0 Å². The van der Waals surface area contributed by atoms with E-state index in [-0.39, 0.29) is 17.4 Å². The Morgan fingerprint density at radius 3 is 2.93 bits per heavy atom. The van der Waals surface area contributed by atoms with Gasteiger partial charge in [-0.25, -0.2) is 4.98 Å². The number of benzene rings is 1. The molecule has 0 aliphatic carbocycles. The number of likely N-dealkylation sites (tertiary alicyclic amines) is 1. The fourth-order valence-electron chi connectivity index (χ4n) is 4.23. The van der Waals surface area contributed by atoms with Gasteiger partial charge in [-0.15, -0.1) is 11.3 Å². The molecular formula is C20H19N3O2S2. The molecule has 3 aromatic rings. The van der Waals surface area contributed by atoms with Crippen LogP contribution >= 0.6 is 23.1 Å². The van der Waals surface area contributed by atoms with E-state index in [1.54, 1.807) is 17.4 Å². The molecule has 7 heteroatoms. The maximum absolute atomic E-state index is 12.8. The number of thiazole rings is 1. The molecule has 0 unspecified atom stereocenters. The molecule has 138 valence electrons. The number of hydrogen-bond acceptors (Lipinski definition) is 5. The second-order valence-electron chi connectivity index (χ2n) is 7.23. The van der Waals surface area contributed by atoms with Gasteiger partial charge in [0.15, 0.2) is 4.34 Å². The predicted molar refractivity (Wildman–Crippen MR) is 108 cm³/mol. The van der Waals surface area contributed by atoms with Gasteiger partial charge in [0.05, 0.1) is 16.0 Å². The highest BCUT2D eigenvalue weighted by Crippen LogP contribution is 2.35. The lowest BCUT2D eigenvalue weighted by Gasteiger charge is -2.42. The largest absolute Gasteiger partial charge is 0.341 e. The highest BCUT2D eigenvalue weighted by Gasteiger charge is 2.36. The normalized spacial score (nSPS) is 21.3. The van der Waals surface area contributed by atoms with Crippen molar-refractivity contribution in [2.24, 2.45) is 5.92 Å². The van der Waals surface area contributed by atoms with E-state index in [1.807, 2.05) is 39.8 Å². The van der Waals surface area contributed by atoms with E-state index in [9.17, 15) is 9.59 Å². The van der Waals surface area contributed by atoms with Gasteiger partial charge >= 0.3 is 0 Å². The van der Waals surface area contributed by atoms with E-state index in [0.29, 0.717) is 18.2 Å². The molecule has 1 fully saturated rings. The Morgan fingerprint density at radius 2 is 2.04 bits per heavy atom. The highest BCUT2D eigenvalue weighted by molar-refractivity contribution is 8.01. The fraction of sp³-hybridized carbons (Fsp3) is 0.350. The Hall–Kier alpha value is -2.12. The van der Waals surface area contributed by atoms with Gasteiger partial charge in [-0.1, -0.05) is 30.0 Å². The SMILES string of the molecule is O=C(CSc1nc2ccccc2s1)N1C[C@@H]2C[C@@H](C1)c1cccc(=O)n1C2. The molecule has 0 spiro atoms. The van der Waals surface area contributed by atoms with Crippen LogP contribution in [0.25, 0.3) is 10.2 Å². The Morgan fingerprint density at radius 1 is 1.15 bits per heavy atom. The summed E-state index contributed by atoms with van der Waals surface area (Å²) in [4.78, 5) is 31.5. The number of rotatable bonds is 3. The number of carbonyl (C=O) groups is 1. The first-order valence-corrected chi connectivity index (χ1v) is 10.9. The number of para-hydroxylation sites is 1. The Bertz CT molecular complexity index is 1040. The third-order valence-corrected chi connectivity index (χ3v) is 7.59. The third-order valence-electron chi connectivity index (χ3n) is 5.43. The van der Waals surface area contributed by atoms with E-state index in [2.05, 4.69) is 11.1 Å². The van der Waals surface area contributed by atoms with Gasteiger partial charge in [0.2, 0.25) is 5.91 Å². The number of pyridine rings is 1. The minimum Gasteiger partial charge on any atom is -0.341 e. The molecule has 0 saturated carbocycles. The van der Waals surface area contributed by atoms with Crippen LogP contribution in [0.15, 0.2) is 51.6 Å². The monoisotopic (exact) mass is 397 g/mol. The fourth-order valence-corrected chi connectivity index (χ4v) is 6.20. The summed E-state index contributed by atoms with van der Waals surface area (Å²) in [5.41, 5.74) is 2.15. The van der Waals surface area contributed by atoms with Gasteiger partial charge in [-0.3, -0.25) is 9.59 Å². The van der Waals surface area contributed by atoms with Crippen molar-refractivity contribution < 1.29 is 4.79 Å². The molecule has 4 heterocycles. The molecule has 2 aliphatic rings. The van der Waals surface area contributed by atoms with Crippen molar-refractivity contribution >= 4 is 39.2 Å². The Balaban J connectivity index is 1.28. The zero-order chi connectivity index (χ0) is 18.4. The summed E-state index contributed by atoms with van der Waals surface area (Å²) < 4.78 is 4.00. The van der Waals surface area contributed by atoms with Crippen molar-refractivity contribution in [3.63, 3.8) is 0 Å². The molecule has 27 heavy (non-hydrogen) atoms. The average Bonchev–Trinajstić information content (AvgIpc) is 3.10. The summed E-state index contributed by atoms with van der Waals surface area (Å²) >= 11 is 3.16. The Labute approximate surface area is 165 Å². The number of carbonyl (C=O) groups excluding carboxylic acids is 1. The van der Waals surface area contributed by atoms with Crippen molar-refractivity contribution in [1.29, 1.82) is 0 Å². The van der Waals surface area contributed by atoms with Gasteiger partial charge in [0, 0.05) is 37.3 Å². The lowest BCUT2D eigenvalue weighted by Crippen LogP contribution is -2.49. The van der Waals surface area contributed by atoms with Crippen LogP contribution in [0.1, 0.15) is 18.0 Å². The topological polar surface area (TPSA) is 55.2 Å². The number of fused-ring (bicyclic) bond motifs is 5. The molecule has 1 saturated heterocycles. The molecule has 2 bridgehead atoms. The van der Waals surface area contributed by atoms with Gasteiger partial charge in [0.1, 0.15) is 0 Å². The van der Waals surface area contributed by atoms with Gasteiger partial charge < -0.3 is 9.47 Å². The molecule has 1 amide bonds. The van der Waals surface area contributed by atoms with E-state index < -0.39 is 0 Å². The van der Waals surface area contributed by atoms with Crippen LogP contribution in [0, 0.1) is 5.92 Å². The van der Waals surface area contributed by atoms with Crippen molar-refractivity contribution in [1.82, 2.24) is 14.5 Å². The predicted octanol–water partition coefficient (Wildman–Crippen LogP) is 3.20. The standard InChI is InChI=1S/C20H19N3O2S2/c24-18-7-3-5-16-14-8-13(10-23(16)18)9-22(11-14)19(25)12-26-20-21-15-4-1-2-6-17(15)27-20/h1-7,13-14H,8-12H2/t13-,14-/m0/s1. The van der Waals surface area contributed by atoms with Crippen LogP contribution in [0.4, 0.5) is 0 Å². The van der Waals surface area contributed by atoms with Crippen molar-refractivity contribution in [2.45, 2.75) is 23.2 Å². The minimum atomic E-state index is 0.0772. The summed E-state index contributed by atoms with van der Waals surface area (Å²) in [6, 6.07) is 13.5. The number of hydrogen-bond donors (Lipinski definition) is 0. The van der Waals surface area contributed by atoms with Gasteiger partial charge in [-0.05, 0) is 30.5 Å². The van der Waals surface area contributed by atoms with Gasteiger partial charge in [0.25, 0.3) is 5.56 Å². The molecule has 1 aromatic carbocycles. The average molecular weight is 398 g/mol. The second-order valence-corrected chi connectivity index (χ2v) is 9.49. The zero-order valence-electron chi connectivity index (χ0n) is 14.7. The first kappa shape index (κ1) is 17.0. The molecule has 2 atom stereocenters. The van der Waals surface area contributed by atoms with Crippen LogP contribution < -0.4 is 5.56 Å². The number of aromatic nitrogens is 2. The minimum absolute atomic E-state index is 0.0772. The molecular weight excluding hydrogens is 378 g/mol. The van der Waals surface area contributed by atoms with E-state index in [1.165, 1.54) is 11.8 Å². The Kier molecular flexibility index (Phi) is 4.28. The van der Waals surface area contributed by atoms with Crippen molar-refractivity contribution in [3.05, 3.63) is 58.5 Å². The zero-order valence-corrected chi connectivity index (χ0v) is 16.3. The molecule has 2 aromatic heterocycles. The molecule has 2 aliphatic heterocycles. The van der Waals surface area contributed by atoms with E-state index in [4.69, 9.17) is 0 Å². The highest BCUT2D eigenvalue weighted by atomic mass is 32.2. The van der Waals surface area contributed by atoms with Crippen LogP contribution in [0.3, 0.4) is 0 Å². The number of thioether (sulfide) groups is 1. The molecule has 5 nitrogen and oxygen atoms in total. The van der Waals surface area contributed by atoms with E-state index in [0.717, 1.165) is 39.8 Å². The molecule has 5 rings (SSSR count). The smallest absolute Gasteiger partial charge is 0.250 e. The second kappa shape index (κ2) is 6.80. The summed E-state index contributed by atoms with van der Waals surface area (Å²) in [5, 5.41) is 0. The summed E-state index contributed by atoms with van der Waals surface area (Å²) in [7, 11) is 0. The van der Waals surface area contributed by atoms with Crippen molar-refractivity contribution in [3.8, 4) is 0 Å². The molecule has 0 N–H and O–H groups in total. The lowest BCUT2D eigenvalue weighted by molar-refractivity contribution is -0.131. The first-order valence-electron chi connectivity index (χ1n) is 9.13. The summed E-state index contributed by atoms with van der Waals surface area (Å²) in [5.74, 6) is 1.22. The molecule has 0 radical (unpaired) electrons. The quantitative estimate of drug-likeness (QED) is 0.637. The maximum Gasteiger partial charge on any atom is 0.250 e. The first-order chi connectivity index (χ1) is 13.2. The van der Waals surface area contributed by atoms with Crippen LogP contribution in [0.2, 0.25) is 0 Å². The van der Waals surface area contributed by atoms with Crippen molar-refractivity contribution in [2.75, 3.05) is 18.8 Å². The third kappa shape index (κ3) is 3.19. The number of nitrogens with zero attached hydrogens (tertiary/aromatic N) is 3. The number of amides is 1. The lowest BCUT2D eigenvalue weighted by atomic mass is 9.83. The number of piperidine rings is 1. The van der Waals surface area contributed by atoms with Crippen LogP contribution in [0.5, 0.6) is 0 Å². The summed E-state index contributed by atoms with van der Waals surface area (Å²) in [6.45, 7) is 2.18.